The molecule has 0 aliphatic carbocycles. The van der Waals surface area contributed by atoms with Crippen LogP contribution in [-0.2, 0) is 0 Å². The summed E-state index contributed by atoms with van der Waals surface area (Å²) in [6.45, 7) is 3.82. The SMILES string of the molecule is Cc1cccc(C(=O)Nc2ccc(N)c(F)c2)c1C. The van der Waals surface area contributed by atoms with Crippen molar-refractivity contribution < 1.29 is 9.18 Å². The molecule has 3 N–H and O–H groups in total. The Labute approximate surface area is 111 Å². The number of hydrogen-bond acceptors (Lipinski definition) is 2. The molecule has 4 heteroatoms. The van der Waals surface area contributed by atoms with Gasteiger partial charge in [0.25, 0.3) is 5.91 Å². The first-order chi connectivity index (χ1) is 8.99. The largest absolute Gasteiger partial charge is 0.396 e. The normalized spacial score (nSPS) is 10.3. The van der Waals surface area contributed by atoms with Crippen LogP contribution in [0.3, 0.4) is 0 Å². The monoisotopic (exact) mass is 258 g/mol. The lowest BCUT2D eigenvalue weighted by molar-refractivity contribution is 0.102. The second-order valence-corrected chi connectivity index (χ2v) is 4.44. The smallest absolute Gasteiger partial charge is 0.255 e. The third-order valence-electron chi connectivity index (χ3n) is 3.11. The quantitative estimate of drug-likeness (QED) is 0.812. The summed E-state index contributed by atoms with van der Waals surface area (Å²) in [6, 6.07) is 9.70. The lowest BCUT2D eigenvalue weighted by atomic mass is 10.0. The minimum absolute atomic E-state index is 0.0599. The number of benzene rings is 2. The van der Waals surface area contributed by atoms with Crippen LogP contribution in [0.2, 0.25) is 0 Å². The maximum atomic E-state index is 13.3. The molecule has 0 bridgehead atoms. The molecule has 0 saturated carbocycles. The maximum absolute atomic E-state index is 13.3. The van der Waals surface area contributed by atoms with Crippen molar-refractivity contribution in [3.8, 4) is 0 Å². The zero-order chi connectivity index (χ0) is 14.0. The van der Waals surface area contributed by atoms with Gasteiger partial charge in [-0.25, -0.2) is 4.39 Å². The van der Waals surface area contributed by atoms with Gasteiger partial charge in [-0.3, -0.25) is 4.79 Å². The molecule has 0 atom stereocenters. The molecule has 0 saturated heterocycles. The number of nitrogens with one attached hydrogen (secondary N) is 1. The van der Waals surface area contributed by atoms with Gasteiger partial charge in [-0.05, 0) is 49.2 Å². The van der Waals surface area contributed by atoms with Gasteiger partial charge < -0.3 is 11.1 Å². The van der Waals surface area contributed by atoms with E-state index in [2.05, 4.69) is 5.32 Å². The molecule has 3 nitrogen and oxygen atoms in total. The summed E-state index contributed by atoms with van der Waals surface area (Å²) < 4.78 is 13.3. The molecular formula is C15H15FN2O. The van der Waals surface area contributed by atoms with Gasteiger partial charge in [-0.1, -0.05) is 12.1 Å². The number of hydrogen-bond donors (Lipinski definition) is 2. The lowest BCUT2D eigenvalue weighted by Gasteiger charge is -2.10. The molecule has 0 spiro atoms. The van der Waals surface area contributed by atoms with Crippen LogP contribution in [0.4, 0.5) is 15.8 Å². The number of amides is 1. The molecule has 0 aliphatic rings. The number of carbonyl (C=O) groups is 1. The van der Waals surface area contributed by atoms with Crippen LogP contribution < -0.4 is 11.1 Å². The van der Waals surface area contributed by atoms with Crippen LogP contribution in [0, 0.1) is 19.7 Å². The summed E-state index contributed by atoms with van der Waals surface area (Å²) in [6.07, 6.45) is 0. The predicted molar refractivity (Wildman–Crippen MR) is 74.7 cm³/mol. The van der Waals surface area contributed by atoms with Crippen LogP contribution in [0.25, 0.3) is 0 Å². The third kappa shape index (κ3) is 2.73. The van der Waals surface area contributed by atoms with Crippen LogP contribution in [0.5, 0.6) is 0 Å². The summed E-state index contributed by atoms with van der Waals surface area (Å²) in [5, 5.41) is 2.66. The van der Waals surface area contributed by atoms with Crippen LogP contribution in [0.15, 0.2) is 36.4 Å². The topological polar surface area (TPSA) is 55.1 Å². The van der Waals surface area contributed by atoms with E-state index in [0.717, 1.165) is 11.1 Å². The van der Waals surface area contributed by atoms with Crippen molar-refractivity contribution in [3.63, 3.8) is 0 Å². The fourth-order valence-corrected chi connectivity index (χ4v) is 1.80. The number of aryl methyl sites for hydroxylation is 1. The van der Waals surface area contributed by atoms with E-state index in [1.54, 1.807) is 12.1 Å². The van der Waals surface area contributed by atoms with Gasteiger partial charge in [0.1, 0.15) is 5.82 Å². The lowest BCUT2D eigenvalue weighted by Crippen LogP contribution is -2.14. The van der Waals surface area contributed by atoms with Gasteiger partial charge >= 0.3 is 0 Å². The fourth-order valence-electron chi connectivity index (χ4n) is 1.80. The summed E-state index contributed by atoms with van der Waals surface area (Å²) >= 11 is 0. The average Bonchev–Trinajstić information content (AvgIpc) is 2.37. The van der Waals surface area contributed by atoms with E-state index in [-0.39, 0.29) is 11.6 Å². The molecule has 98 valence electrons. The maximum Gasteiger partial charge on any atom is 0.255 e. The van der Waals surface area contributed by atoms with Crippen molar-refractivity contribution in [3.05, 3.63) is 58.9 Å². The standard InChI is InChI=1S/C15H15FN2O/c1-9-4-3-5-12(10(9)2)15(19)18-11-6-7-14(17)13(16)8-11/h3-8H,17H2,1-2H3,(H,18,19). The Morgan fingerprint density at radius 3 is 2.63 bits per heavy atom. The minimum atomic E-state index is -0.543. The Morgan fingerprint density at radius 1 is 1.21 bits per heavy atom. The van der Waals surface area contributed by atoms with Crippen molar-refractivity contribution >= 4 is 17.3 Å². The zero-order valence-corrected chi connectivity index (χ0v) is 10.8. The van der Waals surface area contributed by atoms with Crippen LogP contribution in [-0.4, -0.2) is 5.91 Å². The van der Waals surface area contributed by atoms with Gasteiger partial charge in [-0.2, -0.15) is 0 Å². The first-order valence-corrected chi connectivity index (χ1v) is 5.91. The summed E-state index contributed by atoms with van der Waals surface area (Å²) in [7, 11) is 0. The molecule has 2 aromatic rings. The molecule has 0 aliphatic heterocycles. The van der Waals surface area contributed by atoms with Crippen molar-refractivity contribution in [2.24, 2.45) is 0 Å². The molecule has 0 radical (unpaired) electrons. The predicted octanol–water partition coefficient (Wildman–Crippen LogP) is 3.28. The molecular weight excluding hydrogens is 243 g/mol. The number of anilines is 2. The Hall–Kier alpha value is -2.36. The average molecular weight is 258 g/mol. The Balaban J connectivity index is 2.26. The summed E-state index contributed by atoms with van der Waals surface area (Å²) in [5.74, 6) is -0.802. The van der Waals surface area contributed by atoms with E-state index < -0.39 is 5.82 Å². The number of nitrogens with two attached hydrogens (primary N) is 1. The van der Waals surface area contributed by atoms with E-state index in [9.17, 15) is 9.18 Å². The molecule has 0 aromatic heterocycles. The van der Waals surface area contributed by atoms with Crippen molar-refractivity contribution in [2.75, 3.05) is 11.1 Å². The number of halogens is 1. The fraction of sp³-hybridized carbons (Fsp3) is 0.133. The van der Waals surface area contributed by atoms with Gasteiger partial charge in [-0.15, -0.1) is 0 Å². The molecule has 2 rings (SSSR count). The first-order valence-electron chi connectivity index (χ1n) is 5.91. The third-order valence-corrected chi connectivity index (χ3v) is 3.11. The summed E-state index contributed by atoms with van der Waals surface area (Å²) in [5.41, 5.74) is 8.37. The van der Waals surface area contributed by atoms with E-state index in [1.807, 2.05) is 26.0 Å². The van der Waals surface area contributed by atoms with Crippen molar-refractivity contribution in [1.82, 2.24) is 0 Å². The first kappa shape index (κ1) is 13.1. The Morgan fingerprint density at radius 2 is 1.95 bits per heavy atom. The van der Waals surface area contributed by atoms with Gasteiger partial charge in [0, 0.05) is 11.3 Å². The molecule has 2 aromatic carbocycles. The van der Waals surface area contributed by atoms with Crippen molar-refractivity contribution in [1.29, 1.82) is 0 Å². The van der Waals surface area contributed by atoms with Crippen molar-refractivity contribution in [2.45, 2.75) is 13.8 Å². The molecule has 19 heavy (non-hydrogen) atoms. The molecule has 1 amide bonds. The highest BCUT2D eigenvalue weighted by Gasteiger charge is 2.11. The van der Waals surface area contributed by atoms with Crippen LogP contribution in [0.1, 0.15) is 21.5 Å². The Kier molecular flexibility index (Phi) is 3.51. The van der Waals surface area contributed by atoms with E-state index in [1.165, 1.54) is 12.1 Å². The van der Waals surface area contributed by atoms with E-state index in [0.29, 0.717) is 11.3 Å². The van der Waals surface area contributed by atoms with Gasteiger partial charge in [0.15, 0.2) is 0 Å². The highest BCUT2D eigenvalue weighted by molar-refractivity contribution is 6.05. The number of nitrogen functional groups attached to an aromatic ring is 1. The molecule has 0 heterocycles. The second kappa shape index (κ2) is 5.10. The summed E-state index contributed by atoms with van der Waals surface area (Å²) in [4.78, 5) is 12.1. The Bertz CT molecular complexity index is 638. The number of rotatable bonds is 2. The highest BCUT2D eigenvalue weighted by Crippen LogP contribution is 2.18. The zero-order valence-electron chi connectivity index (χ0n) is 10.8. The molecule has 0 unspecified atom stereocenters. The van der Waals surface area contributed by atoms with E-state index >= 15 is 0 Å². The second-order valence-electron chi connectivity index (χ2n) is 4.44. The van der Waals surface area contributed by atoms with Crippen LogP contribution >= 0.6 is 0 Å². The minimum Gasteiger partial charge on any atom is -0.396 e. The number of carbonyl (C=O) groups excluding carboxylic acids is 1. The van der Waals surface area contributed by atoms with Gasteiger partial charge in [0.05, 0.1) is 5.69 Å². The van der Waals surface area contributed by atoms with E-state index in [4.69, 9.17) is 5.73 Å². The molecule has 0 fully saturated rings. The van der Waals surface area contributed by atoms with Gasteiger partial charge in [0.2, 0.25) is 0 Å². The highest BCUT2D eigenvalue weighted by atomic mass is 19.1.